The molecule has 5 nitrogen and oxygen atoms in total. The highest BCUT2D eigenvalue weighted by Crippen LogP contribution is 2.32. The van der Waals surface area contributed by atoms with Crippen LogP contribution in [0.4, 0.5) is 13.9 Å². The summed E-state index contributed by atoms with van der Waals surface area (Å²) in [4.78, 5) is 6.45. The summed E-state index contributed by atoms with van der Waals surface area (Å²) < 4.78 is 54.7. The average molecular weight is 409 g/mol. The number of anilines is 1. The highest BCUT2D eigenvalue weighted by molar-refractivity contribution is 7.89. The smallest absolute Gasteiger partial charge is 0.243 e. The van der Waals surface area contributed by atoms with E-state index >= 15 is 0 Å². The standard InChI is InChI=1S/C18H17F2N3O2S2/c1-12-2-4-14(5-3-12)27(24,25)23-8-6-22(7-9-23)18-21-17-15(20)10-13(19)11-16(17)26-18/h2-5,10-11H,6-9H2,1H3. The zero-order valence-electron chi connectivity index (χ0n) is 14.5. The van der Waals surface area contributed by atoms with Gasteiger partial charge in [0, 0.05) is 32.2 Å². The quantitative estimate of drug-likeness (QED) is 0.665. The van der Waals surface area contributed by atoms with Gasteiger partial charge in [-0.1, -0.05) is 29.0 Å². The van der Waals surface area contributed by atoms with Crippen LogP contribution in [0.15, 0.2) is 41.3 Å². The van der Waals surface area contributed by atoms with Crippen molar-refractivity contribution in [3.8, 4) is 0 Å². The summed E-state index contributed by atoms with van der Waals surface area (Å²) in [6.45, 7) is 3.40. The Kier molecular flexibility index (Phi) is 4.61. The molecule has 1 aromatic heterocycles. The number of benzene rings is 2. The van der Waals surface area contributed by atoms with Crippen molar-refractivity contribution >= 4 is 36.7 Å². The van der Waals surface area contributed by atoms with Crippen molar-refractivity contribution in [2.75, 3.05) is 31.1 Å². The third-order valence-corrected chi connectivity index (χ3v) is 7.55. The Bertz CT molecular complexity index is 1090. The molecule has 0 spiro atoms. The number of sulfonamides is 1. The zero-order valence-corrected chi connectivity index (χ0v) is 16.2. The molecule has 0 N–H and O–H groups in total. The van der Waals surface area contributed by atoms with Crippen LogP contribution in [0.2, 0.25) is 0 Å². The maximum Gasteiger partial charge on any atom is 0.243 e. The summed E-state index contributed by atoms with van der Waals surface area (Å²) in [5.41, 5.74) is 1.14. The van der Waals surface area contributed by atoms with E-state index in [9.17, 15) is 17.2 Å². The molecular weight excluding hydrogens is 392 g/mol. The number of nitrogens with zero attached hydrogens (tertiary/aromatic N) is 3. The molecule has 0 bridgehead atoms. The average Bonchev–Trinajstić information content (AvgIpc) is 3.06. The number of hydrogen-bond acceptors (Lipinski definition) is 5. The van der Waals surface area contributed by atoms with E-state index in [-0.39, 0.29) is 10.4 Å². The Morgan fingerprint density at radius 1 is 1.04 bits per heavy atom. The minimum absolute atomic E-state index is 0.145. The van der Waals surface area contributed by atoms with Crippen molar-refractivity contribution < 1.29 is 17.2 Å². The number of piperazine rings is 1. The minimum Gasteiger partial charge on any atom is -0.345 e. The lowest BCUT2D eigenvalue weighted by molar-refractivity contribution is 0.385. The Hall–Kier alpha value is -2.10. The highest BCUT2D eigenvalue weighted by Gasteiger charge is 2.29. The fourth-order valence-corrected chi connectivity index (χ4v) is 5.54. The molecule has 0 radical (unpaired) electrons. The number of thiazole rings is 1. The van der Waals surface area contributed by atoms with Gasteiger partial charge in [-0.3, -0.25) is 0 Å². The molecule has 142 valence electrons. The van der Waals surface area contributed by atoms with Crippen LogP contribution in [0.3, 0.4) is 0 Å². The predicted molar refractivity (Wildman–Crippen MR) is 102 cm³/mol. The maximum atomic E-state index is 13.9. The maximum absolute atomic E-state index is 13.9. The van der Waals surface area contributed by atoms with Crippen LogP contribution in [-0.2, 0) is 10.0 Å². The predicted octanol–water partition coefficient (Wildman–Crippen LogP) is 3.39. The van der Waals surface area contributed by atoms with Crippen molar-refractivity contribution in [3.63, 3.8) is 0 Å². The lowest BCUT2D eigenvalue weighted by Gasteiger charge is -2.33. The van der Waals surface area contributed by atoms with E-state index in [1.165, 1.54) is 21.7 Å². The molecule has 0 atom stereocenters. The fraction of sp³-hybridized carbons (Fsp3) is 0.278. The highest BCUT2D eigenvalue weighted by atomic mass is 32.2. The minimum atomic E-state index is -3.54. The second-order valence-corrected chi connectivity index (χ2v) is 9.38. The fourth-order valence-electron chi connectivity index (χ4n) is 3.06. The van der Waals surface area contributed by atoms with Crippen LogP contribution in [0.5, 0.6) is 0 Å². The summed E-state index contributed by atoms with van der Waals surface area (Å²) in [7, 11) is -3.54. The molecule has 0 amide bonds. The van der Waals surface area contributed by atoms with Gasteiger partial charge in [0.25, 0.3) is 0 Å². The number of aromatic nitrogens is 1. The molecule has 2 heterocycles. The van der Waals surface area contributed by atoms with Crippen LogP contribution < -0.4 is 4.90 Å². The molecule has 0 aliphatic carbocycles. The monoisotopic (exact) mass is 409 g/mol. The van der Waals surface area contributed by atoms with Crippen molar-refractivity contribution in [2.24, 2.45) is 0 Å². The summed E-state index contributed by atoms with van der Waals surface area (Å²) in [6, 6.07) is 8.86. The number of halogens is 2. The Balaban J connectivity index is 1.52. The largest absolute Gasteiger partial charge is 0.345 e. The number of hydrogen-bond donors (Lipinski definition) is 0. The van der Waals surface area contributed by atoms with Gasteiger partial charge >= 0.3 is 0 Å². The molecule has 1 fully saturated rings. The molecule has 0 saturated carbocycles. The molecular formula is C18H17F2N3O2S2. The Morgan fingerprint density at radius 3 is 2.37 bits per heavy atom. The first-order chi connectivity index (χ1) is 12.8. The van der Waals surface area contributed by atoms with Crippen LogP contribution in [0, 0.1) is 18.6 Å². The van der Waals surface area contributed by atoms with Crippen molar-refractivity contribution in [3.05, 3.63) is 53.6 Å². The van der Waals surface area contributed by atoms with E-state index in [0.717, 1.165) is 11.6 Å². The Morgan fingerprint density at radius 2 is 1.70 bits per heavy atom. The zero-order chi connectivity index (χ0) is 19.2. The second-order valence-electron chi connectivity index (χ2n) is 6.43. The van der Waals surface area contributed by atoms with Gasteiger partial charge in [-0.2, -0.15) is 4.31 Å². The molecule has 2 aromatic carbocycles. The van der Waals surface area contributed by atoms with Gasteiger partial charge in [0.2, 0.25) is 10.0 Å². The summed E-state index contributed by atoms with van der Waals surface area (Å²) in [6.07, 6.45) is 0. The topological polar surface area (TPSA) is 53.5 Å². The van der Waals surface area contributed by atoms with Crippen LogP contribution >= 0.6 is 11.3 Å². The molecule has 1 aliphatic heterocycles. The Labute approximate surface area is 159 Å². The van der Waals surface area contributed by atoms with Gasteiger partial charge in [-0.25, -0.2) is 22.2 Å². The summed E-state index contributed by atoms with van der Waals surface area (Å²) in [5, 5.41) is 0.571. The van der Waals surface area contributed by atoms with Gasteiger partial charge in [0.1, 0.15) is 11.3 Å². The number of aryl methyl sites for hydroxylation is 1. The van der Waals surface area contributed by atoms with Gasteiger partial charge in [-0.05, 0) is 25.1 Å². The number of rotatable bonds is 3. The molecule has 1 saturated heterocycles. The van der Waals surface area contributed by atoms with E-state index in [1.807, 2.05) is 11.8 Å². The van der Waals surface area contributed by atoms with Gasteiger partial charge in [-0.15, -0.1) is 0 Å². The molecule has 9 heteroatoms. The van der Waals surface area contributed by atoms with Crippen LogP contribution in [0.25, 0.3) is 10.2 Å². The van der Waals surface area contributed by atoms with E-state index in [4.69, 9.17) is 0 Å². The molecule has 0 unspecified atom stereocenters. The molecule has 3 aromatic rings. The first-order valence-corrected chi connectivity index (χ1v) is 10.7. The normalized spacial score (nSPS) is 16.2. The first-order valence-electron chi connectivity index (χ1n) is 8.42. The van der Waals surface area contributed by atoms with Crippen molar-refractivity contribution in [1.29, 1.82) is 0 Å². The third-order valence-electron chi connectivity index (χ3n) is 4.57. The van der Waals surface area contributed by atoms with E-state index in [0.29, 0.717) is 36.0 Å². The van der Waals surface area contributed by atoms with E-state index in [2.05, 4.69) is 4.98 Å². The SMILES string of the molecule is Cc1ccc(S(=O)(=O)N2CCN(c3nc4c(F)cc(F)cc4s3)CC2)cc1. The second kappa shape index (κ2) is 6.81. The van der Waals surface area contributed by atoms with Crippen molar-refractivity contribution in [2.45, 2.75) is 11.8 Å². The lowest BCUT2D eigenvalue weighted by Crippen LogP contribution is -2.48. The number of fused-ring (bicyclic) bond motifs is 1. The van der Waals surface area contributed by atoms with E-state index in [1.54, 1.807) is 24.3 Å². The molecule has 27 heavy (non-hydrogen) atoms. The molecule has 1 aliphatic rings. The molecule has 4 rings (SSSR count). The van der Waals surface area contributed by atoms with Gasteiger partial charge in [0.05, 0.1) is 9.60 Å². The van der Waals surface area contributed by atoms with E-state index < -0.39 is 21.7 Å². The van der Waals surface area contributed by atoms with Gasteiger partial charge < -0.3 is 4.90 Å². The van der Waals surface area contributed by atoms with Crippen molar-refractivity contribution in [1.82, 2.24) is 9.29 Å². The summed E-state index contributed by atoms with van der Waals surface area (Å²) in [5.74, 6) is -1.32. The summed E-state index contributed by atoms with van der Waals surface area (Å²) >= 11 is 1.21. The first kappa shape index (κ1) is 18.3. The van der Waals surface area contributed by atoms with Gasteiger partial charge in [0.15, 0.2) is 10.9 Å². The van der Waals surface area contributed by atoms with Crippen LogP contribution in [0.1, 0.15) is 5.56 Å². The lowest BCUT2D eigenvalue weighted by atomic mass is 10.2. The van der Waals surface area contributed by atoms with Crippen LogP contribution in [-0.4, -0.2) is 43.9 Å². The third kappa shape index (κ3) is 3.42.